The summed E-state index contributed by atoms with van der Waals surface area (Å²) in [5, 5.41) is 2.48. The number of nitrogens with one attached hydrogen (secondary N) is 1. The van der Waals surface area contributed by atoms with Gasteiger partial charge in [-0.05, 0) is 45.4 Å². The van der Waals surface area contributed by atoms with Gasteiger partial charge in [-0.15, -0.1) is 11.3 Å². The summed E-state index contributed by atoms with van der Waals surface area (Å²) >= 11 is 0.828. The molecule has 1 N–H and O–H groups in total. The molecule has 0 saturated heterocycles. The van der Waals surface area contributed by atoms with E-state index < -0.39 is 47.0 Å². The summed E-state index contributed by atoms with van der Waals surface area (Å²) in [5.41, 5.74) is 1.16. The second-order valence-electron chi connectivity index (χ2n) is 7.48. The number of hydrogen-bond acceptors (Lipinski definition) is 10. The Morgan fingerprint density at radius 3 is 2.11 bits per heavy atom. The molecule has 0 atom stereocenters. The third kappa shape index (κ3) is 7.12. The maximum Gasteiger partial charge on any atom is 0.348 e. The molecule has 2 aromatic rings. The number of amides is 1. The molecule has 0 saturated carbocycles. The standard InChI is InChI=1S/C23H28N2O9S2/c1-6-32-22(28)19-15(4)20(23(29)33-7-2)35-21(19)24-17(26)13-34-18(27)12-25(5)36(30,31)16-10-8-14(3)9-11-16/h8-11H,6-7,12-13H2,1-5H3,(H,24,26). The molecule has 1 aromatic carbocycles. The first-order valence-corrected chi connectivity index (χ1v) is 13.1. The molecule has 196 valence electrons. The van der Waals surface area contributed by atoms with Crippen molar-refractivity contribution < 1.29 is 41.8 Å². The van der Waals surface area contributed by atoms with E-state index in [4.69, 9.17) is 14.2 Å². The van der Waals surface area contributed by atoms with Crippen LogP contribution < -0.4 is 5.32 Å². The summed E-state index contributed by atoms with van der Waals surface area (Å²) in [6, 6.07) is 6.12. The highest BCUT2D eigenvalue weighted by molar-refractivity contribution is 7.89. The summed E-state index contributed by atoms with van der Waals surface area (Å²) in [6.07, 6.45) is 0. The molecule has 36 heavy (non-hydrogen) atoms. The minimum absolute atomic E-state index is 0.00601. The predicted octanol–water partition coefficient (Wildman–Crippen LogP) is 2.52. The zero-order valence-electron chi connectivity index (χ0n) is 20.6. The number of anilines is 1. The van der Waals surface area contributed by atoms with Crippen LogP contribution in [0.2, 0.25) is 0 Å². The van der Waals surface area contributed by atoms with Gasteiger partial charge in [-0.1, -0.05) is 17.7 Å². The Morgan fingerprint density at radius 2 is 1.53 bits per heavy atom. The third-order valence-electron chi connectivity index (χ3n) is 4.79. The van der Waals surface area contributed by atoms with E-state index in [9.17, 15) is 27.6 Å². The Balaban J connectivity index is 2.06. The van der Waals surface area contributed by atoms with Crippen molar-refractivity contribution in [3.8, 4) is 0 Å². The van der Waals surface area contributed by atoms with Crippen molar-refractivity contribution in [3.05, 3.63) is 45.8 Å². The van der Waals surface area contributed by atoms with Crippen molar-refractivity contribution in [3.63, 3.8) is 0 Å². The van der Waals surface area contributed by atoms with Crippen LogP contribution in [0.1, 0.15) is 45.0 Å². The fourth-order valence-corrected chi connectivity index (χ4v) is 5.17. The Bertz CT molecular complexity index is 1240. The smallest absolute Gasteiger partial charge is 0.348 e. The lowest BCUT2D eigenvalue weighted by molar-refractivity contribution is -0.147. The van der Waals surface area contributed by atoms with Crippen LogP contribution in [0.5, 0.6) is 0 Å². The van der Waals surface area contributed by atoms with E-state index in [1.807, 2.05) is 6.92 Å². The maximum absolute atomic E-state index is 12.6. The molecule has 0 aliphatic heterocycles. The lowest BCUT2D eigenvalue weighted by Gasteiger charge is -2.16. The van der Waals surface area contributed by atoms with Crippen molar-refractivity contribution in [2.24, 2.45) is 0 Å². The topological polar surface area (TPSA) is 145 Å². The van der Waals surface area contributed by atoms with Crippen molar-refractivity contribution in [1.82, 2.24) is 4.31 Å². The van der Waals surface area contributed by atoms with E-state index in [1.165, 1.54) is 26.1 Å². The highest BCUT2D eigenvalue weighted by Crippen LogP contribution is 2.34. The molecule has 0 bridgehead atoms. The van der Waals surface area contributed by atoms with Crippen molar-refractivity contribution in [2.75, 3.05) is 38.7 Å². The highest BCUT2D eigenvalue weighted by atomic mass is 32.2. The van der Waals surface area contributed by atoms with Gasteiger partial charge in [0, 0.05) is 7.05 Å². The molecule has 13 heteroatoms. The Hall–Kier alpha value is -3.29. The van der Waals surface area contributed by atoms with Gasteiger partial charge in [-0.3, -0.25) is 9.59 Å². The van der Waals surface area contributed by atoms with Gasteiger partial charge in [0.1, 0.15) is 16.4 Å². The normalized spacial score (nSPS) is 11.2. The lowest BCUT2D eigenvalue weighted by Crippen LogP contribution is -2.34. The zero-order chi connectivity index (χ0) is 27.0. The highest BCUT2D eigenvalue weighted by Gasteiger charge is 2.28. The van der Waals surface area contributed by atoms with Crippen LogP contribution in [0.3, 0.4) is 0 Å². The molecular formula is C23H28N2O9S2. The number of hydrogen-bond donors (Lipinski definition) is 1. The van der Waals surface area contributed by atoms with E-state index in [2.05, 4.69) is 5.32 Å². The number of ether oxygens (including phenoxy) is 3. The Labute approximate surface area is 213 Å². The molecule has 1 aromatic heterocycles. The second kappa shape index (κ2) is 12.6. The number of nitrogens with zero attached hydrogens (tertiary/aromatic N) is 1. The summed E-state index contributed by atoms with van der Waals surface area (Å²) in [5.74, 6) is -3.15. The minimum Gasteiger partial charge on any atom is -0.462 e. The number of thiophene rings is 1. The molecule has 0 spiro atoms. The first-order chi connectivity index (χ1) is 16.9. The van der Waals surface area contributed by atoms with Gasteiger partial charge in [0.25, 0.3) is 5.91 Å². The summed E-state index contributed by atoms with van der Waals surface area (Å²) in [7, 11) is -2.72. The Morgan fingerprint density at radius 1 is 0.944 bits per heavy atom. The van der Waals surface area contributed by atoms with Crippen molar-refractivity contribution >= 4 is 50.2 Å². The molecule has 0 aliphatic carbocycles. The van der Waals surface area contributed by atoms with Crippen LogP contribution in [0.15, 0.2) is 29.2 Å². The Kier molecular flexibility index (Phi) is 10.1. The van der Waals surface area contributed by atoms with Crippen LogP contribution in [0.4, 0.5) is 5.00 Å². The van der Waals surface area contributed by atoms with Crippen LogP contribution >= 0.6 is 11.3 Å². The van der Waals surface area contributed by atoms with Crippen LogP contribution in [0.25, 0.3) is 0 Å². The monoisotopic (exact) mass is 540 g/mol. The van der Waals surface area contributed by atoms with Gasteiger partial charge in [-0.2, -0.15) is 4.31 Å². The molecule has 1 heterocycles. The number of carbonyl (C=O) groups excluding carboxylic acids is 4. The number of rotatable bonds is 11. The van der Waals surface area contributed by atoms with E-state index in [1.54, 1.807) is 26.0 Å². The molecule has 0 aliphatic rings. The largest absolute Gasteiger partial charge is 0.462 e. The summed E-state index contributed by atoms with van der Waals surface area (Å²) in [4.78, 5) is 49.4. The van der Waals surface area contributed by atoms with Crippen molar-refractivity contribution in [2.45, 2.75) is 32.6 Å². The van der Waals surface area contributed by atoms with Crippen LogP contribution in [0, 0.1) is 13.8 Å². The molecule has 0 radical (unpaired) electrons. The van der Waals surface area contributed by atoms with E-state index in [0.717, 1.165) is 21.2 Å². The number of likely N-dealkylation sites (N-methyl/N-ethyl adjacent to an activating group) is 1. The fraction of sp³-hybridized carbons (Fsp3) is 0.391. The molecule has 2 rings (SSSR count). The number of carbonyl (C=O) groups is 4. The van der Waals surface area contributed by atoms with Gasteiger partial charge in [0.05, 0.1) is 23.7 Å². The minimum atomic E-state index is -3.94. The molecule has 0 fully saturated rings. The molecule has 0 unspecified atom stereocenters. The first-order valence-electron chi connectivity index (χ1n) is 10.9. The molecule has 11 nitrogen and oxygen atoms in total. The number of benzene rings is 1. The predicted molar refractivity (Wildman–Crippen MR) is 132 cm³/mol. The lowest BCUT2D eigenvalue weighted by atomic mass is 10.1. The average molecular weight is 541 g/mol. The van der Waals surface area contributed by atoms with Gasteiger partial charge in [-0.25, -0.2) is 18.0 Å². The number of sulfonamides is 1. The van der Waals surface area contributed by atoms with Crippen molar-refractivity contribution in [1.29, 1.82) is 0 Å². The van der Waals surface area contributed by atoms with Gasteiger partial charge in [0.15, 0.2) is 6.61 Å². The fourth-order valence-electron chi connectivity index (χ4n) is 2.95. The maximum atomic E-state index is 12.6. The van der Waals surface area contributed by atoms with E-state index >= 15 is 0 Å². The van der Waals surface area contributed by atoms with Crippen LogP contribution in [-0.2, 0) is 33.8 Å². The van der Waals surface area contributed by atoms with Gasteiger partial charge < -0.3 is 19.5 Å². The SMILES string of the molecule is CCOC(=O)c1sc(NC(=O)COC(=O)CN(C)S(=O)(=O)c2ccc(C)cc2)c(C(=O)OCC)c1C. The van der Waals surface area contributed by atoms with E-state index in [0.29, 0.717) is 0 Å². The summed E-state index contributed by atoms with van der Waals surface area (Å²) in [6.45, 7) is 5.41. The molecular weight excluding hydrogens is 512 g/mol. The quantitative estimate of drug-likeness (QED) is 0.336. The van der Waals surface area contributed by atoms with Crippen LogP contribution in [-0.4, -0.2) is 70.0 Å². The second-order valence-corrected chi connectivity index (χ2v) is 10.5. The number of esters is 3. The first kappa shape index (κ1) is 28.9. The zero-order valence-corrected chi connectivity index (χ0v) is 22.2. The van der Waals surface area contributed by atoms with Gasteiger partial charge >= 0.3 is 17.9 Å². The third-order valence-corrected chi connectivity index (χ3v) is 7.79. The average Bonchev–Trinajstić information content (AvgIpc) is 3.14. The van der Waals surface area contributed by atoms with E-state index in [-0.39, 0.29) is 39.1 Å². The summed E-state index contributed by atoms with van der Waals surface area (Å²) < 4.78 is 40.9. The van der Waals surface area contributed by atoms with Gasteiger partial charge in [0.2, 0.25) is 10.0 Å². The molecule has 1 amide bonds. The number of aryl methyl sites for hydroxylation is 1.